The average Bonchev–Trinajstić information content (AvgIpc) is 3.36. The lowest BCUT2D eigenvalue weighted by molar-refractivity contribution is -0.598. The maximum absolute atomic E-state index is 14.2. The van der Waals surface area contributed by atoms with Crippen LogP contribution in [-0.2, 0) is 58.9 Å². The zero-order chi connectivity index (χ0) is 58.7. The van der Waals surface area contributed by atoms with Gasteiger partial charge < -0.3 is 14.2 Å². The van der Waals surface area contributed by atoms with E-state index >= 15 is 0 Å². The van der Waals surface area contributed by atoms with Gasteiger partial charge >= 0.3 is 70.6 Å². The molecule has 6 rings (SSSR count). The molecule has 29 heteroatoms. The highest BCUT2D eigenvalue weighted by Crippen LogP contribution is 2.41. The Morgan fingerprint density at radius 2 is 0.603 bits per heavy atom. The molecule has 78 heavy (non-hydrogen) atoms. The van der Waals surface area contributed by atoms with Gasteiger partial charge in [0.2, 0.25) is 3.57 Å². The van der Waals surface area contributed by atoms with Crippen LogP contribution in [0.25, 0.3) is 0 Å². The Morgan fingerprint density at radius 1 is 0.333 bits per heavy atom. The van der Waals surface area contributed by atoms with Crippen LogP contribution in [0.2, 0.25) is 0 Å². The van der Waals surface area contributed by atoms with Crippen molar-refractivity contribution in [1.29, 1.82) is 0 Å². The van der Waals surface area contributed by atoms with Gasteiger partial charge in [-0.3, -0.25) is 0 Å². The Kier molecular flexibility index (Phi) is 19.0. The summed E-state index contributed by atoms with van der Waals surface area (Å²) in [4.78, 5) is 0. The monoisotopic (exact) mass is 1260 g/mol. The van der Waals surface area contributed by atoms with Gasteiger partial charge in [-0.1, -0.05) is 78.9 Å². The Hall–Kier alpha value is -5.85. The number of hydrogen-bond acceptors (Lipinski definition) is 3. The van der Waals surface area contributed by atoms with E-state index in [0.29, 0.717) is 26.4 Å². The predicted octanol–water partition coefficient (Wildman–Crippen LogP) is 11.1. The van der Waals surface area contributed by atoms with Crippen molar-refractivity contribution in [2.45, 2.75) is 49.4 Å². The second-order valence-electron chi connectivity index (χ2n) is 16.5. The van der Waals surface area contributed by atoms with Gasteiger partial charge in [0.05, 0.1) is 64.3 Å². The summed E-state index contributed by atoms with van der Waals surface area (Å²) >= 11 is -0.211. The van der Waals surface area contributed by atoms with Gasteiger partial charge in [0.1, 0.15) is 12.8 Å². The number of methoxy groups -OCH3 is 1. The quantitative estimate of drug-likeness (QED) is 0.0499. The van der Waals surface area contributed by atoms with E-state index in [1.165, 1.54) is 7.14 Å². The third kappa shape index (κ3) is 15.9. The van der Waals surface area contributed by atoms with Crippen LogP contribution in [0, 0.1) is 7.14 Å². The number of ether oxygens (including phenoxy) is 3. The van der Waals surface area contributed by atoms with Crippen molar-refractivity contribution in [2.75, 3.05) is 33.5 Å². The second kappa shape index (κ2) is 23.5. The molecule has 0 aliphatic heterocycles. The third-order valence-corrected chi connectivity index (χ3v) is 14.0. The average molecular weight is 1260 g/mol. The van der Waals surface area contributed by atoms with Crippen LogP contribution in [0.3, 0.4) is 0 Å². The highest BCUT2D eigenvalue weighted by molar-refractivity contribution is 7.20. The molecule has 6 aromatic rings. The molecule has 0 N–H and O–H groups in total. The standard InChI is InChI=1S/C32H12BF24.C17H20IO3/c34-25(35,36)13-1-14(26(37,38)39)6-21(5-13)33(22-7-15(27(40,41)42)2-16(8-22)28(43,44)45,23-9-17(29(46,47)48)3-18(10-23)30(49,50)51)24-11-19(31(52,53)54)4-20(12-24)32(55,56)57;1-19-11-12-20-13-14-21-17-10-6-5-9-16(17)18-15-7-3-2-4-8-15/h1-12H;2-10H,11-14H2,1H3/q-1;+1. The largest absolute Gasteiger partial charge is 0.486 e. The van der Waals surface area contributed by atoms with Gasteiger partial charge in [-0.25, -0.2) is 0 Å². The molecule has 0 fully saturated rings. The fraction of sp³-hybridized carbons (Fsp3) is 0.265. The number of alkyl halides is 24. The van der Waals surface area contributed by atoms with E-state index in [-0.39, 0.29) is 21.2 Å². The van der Waals surface area contributed by atoms with Crippen LogP contribution in [0.4, 0.5) is 105 Å². The second-order valence-corrected chi connectivity index (χ2v) is 19.4. The lowest BCUT2D eigenvalue weighted by Crippen LogP contribution is -3.61. The van der Waals surface area contributed by atoms with Crippen molar-refractivity contribution in [3.63, 3.8) is 0 Å². The molecule has 3 nitrogen and oxygen atoms in total. The zero-order valence-electron chi connectivity index (χ0n) is 38.7. The summed E-state index contributed by atoms with van der Waals surface area (Å²) in [5.74, 6) is 0.976. The Morgan fingerprint density at radius 3 is 0.885 bits per heavy atom. The summed E-state index contributed by atoms with van der Waals surface area (Å²) in [5.41, 5.74) is -30.2. The van der Waals surface area contributed by atoms with E-state index in [2.05, 4.69) is 36.4 Å². The zero-order valence-corrected chi connectivity index (χ0v) is 40.9. The minimum atomic E-state index is -6.13. The lowest BCUT2D eigenvalue weighted by atomic mass is 9.12. The fourth-order valence-corrected chi connectivity index (χ4v) is 10.2. The smallest absolute Gasteiger partial charge is 0.416 e. The lowest BCUT2D eigenvalue weighted by Gasteiger charge is -2.46. The maximum Gasteiger partial charge on any atom is 0.416 e. The van der Waals surface area contributed by atoms with E-state index in [1.807, 2.05) is 18.2 Å². The molecule has 0 aromatic heterocycles. The van der Waals surface area contributed by atoms with Gasteiger partial charge in [-0.2, -0.15) is 127 Å². The first-order valence-electron chi connectivity index (χ1n) is 21.5. The summed E-state index contributed by atoms with van der Waals surface area (Å²) in [7, 11) is 1.67. The van der Waals surface area contributed by atoms with Crippen LogP contribution in [0.1, 0.15) is 44.5 Å². The summed E-state index contributed by atoms with van der Waals surface area (Å²) in [6, 6.07) is 10.0. The van der Waals surface area contributed by atoms with E-state index in [4.69, 9.17) is 14.2 Å². The minimum absolute atomic E-state index is 0.211. The van der Waals surface area contributed by atoms with Crippen LogP contribution >= 0.6 is 0 Å². The van der Waals surface area contributed by atoms with Gasteiger partial charge in [0, 0.05) is 7.11 Å². The molecule has 424 valence electrons. The molecule has 0 spiro atoms. The van der Waals surface area contributed by atoms with Crippen molar-refractivity contribution < 1.29 is 141 Å². The summed E-state index contributed by atoms with van der Waals surface area (Å²) in [6.45, 7) is 2.38. The van der Waals surface area contributed by atoms with Gasteiger partial charge in [0.15, 0.2) is 9.32 Å². The number of para-hydroxylation sites is 1. The molecule has 0 aliphatic rings. The van der Waals surface area contributed by atoms with Gasteiger partial charge in [0.25, 0.3) is 0 Å². The molecule has 0 saturated heterocycles. The molecular weight excluding hydrogens is 1230 g/mol. The van der Waals surface area contributed by atoms with Gasteiger partial charge in [-0.05, 0) is 48.5 Å². The normalized spacial score (nSPS) is 13.3. The van der Waals surface area contributed by atoms with Crippen LogP contribution in [0.15, 0.2) is 127 Å². The highest BCUT2D eigenvalue weighted by Gasteiger charge is 2.47. The molecule has 0 aliphatic carbocycles. The predicted molar refractivity (Wildman–Crippen MR) is 229 cm³/mol. The Bertz CT molecular complexity index is 2550. The number of rotatable bonds is 13. The molecule has 0 radical (unpaired) electrons. The van der Waals surface area contributed by atoms with Crippen molar-refractivity contribution in [3.8, 4) is 5.75 Å². The summed E-state index contributed by atoms with van der Waals surface area (Å²) in [6.07, 6.45) is -54.8. The topological polar surface area (TPSA) is 27.7 Å². The van der Waals surface area contributed by atoms with Crippen molar-refractivity contribution in [2.24, 2.45) is 0 Å². The van der Waals surface area contributed by atoms with Crippen molar-refractivity contribution in [3.05, 3.63) is 179 Å². The minimum Gasteiger partial charge on any atom is -0.486 e. The van der Waals surface area contributed by atoms with Crippen LogP contribution in [0.5, 0.6) is 5.75 Å². The molecule has 0 heterocycles. The van der Waals surface area contributed by atoms with E-state index in [9.17, 15) is 105 Å². The van der Waals surface area contributed by atoms with Gasteiger partial charge in [-0.15, -0.1) is 0 Å². The Labute approximate surface area is 435 Å². The SMILES string of the molecule is COCCOCCOc1ccccc1[I+]c1ccccc1.FC(F)(F)c1cc([B-](c2cc(C(F)(F)F)cc(C(F)(F)F)c2)(c2cc(C(F)(F)F)cc(C(F)(F)F)c2)c2cc(C(F)(F)F)cc(C(F)(F)F)c2)cc(C(F)(F)F)c1. The molecule has 6 aromatic carbocycles. The number of hydrogen-bond donors (Lipinski definition) is 0. The summed E-state index contributed by atoms with van der Waals surface area (Å²) in [5, 5.41) is 0. The molecule has 0 bridgehead atoms. The van der Waals surface area contributed by atoms with E-state index in [1.54, 1.807) is 7.11 Å². The molecule has 0 amide bonds. The first-order valence-corrected chi connectivity index (χ1v) is 23.7. The fourth-order valence-electron chi connectivity index (χ4n) is 7.76. The van der Waals surface area contributed by atoms with Crippen molar-refractivity contribution in [1.82, 2.24) is 0 Å². The molecular formula is C49H32BF24IO3. The molecule has 0 atom stereocenters. The van der Waals surface area contributed by atoms with E-state index in [0.717, 1.165) is 5.75 Å². The first-order chi connectivity index (χ1) is 35.7. The van der Waals surface area contributed by atoms with Crippen molar-refractivity contribution >= 4 is 28.0 Å². The number of halogens is 25. The maximum atomic E-state index is 14.2. The molecule has 0 unspecified atom stereocenters. The highest BCUT2D eigenvalue weighted by atomic mass is 127. The molecule has 0 saturated carbocycles. The first kappa shape index (κ1) is 63.0. The Balaban J connectivity index is 0.000000443. The van der Waals surface area contributed by atoms with Crippen LogP contribution < -0.4 is 47.8 Å². The third-order valence-electron chi connectivity index (χ3n) is 11.1. The van der Waals surface area contributed by atoms with Crippen LogP contribution in [-0.4, -0.2) is 39.7 Å². The van der Waals surface area contributed by atoms with E-state index < -0.39 is 195 Å². The summed E-state index contributed by atoms with van der Waals surface area (Å²) < 4.78 is 360. The number of benzene rings is 6.